The van der Waals surface area contributed by atoms with E-state index in [2.05, 4.69) is 11.4 Å². The van der Waals surface area contributed by atoms with Gasteiger partial charge in [-0.3, -0.25) is 4.79 Å². The summed E-state index contributed by atoms with van der Waals surface area (Å²) in [6, 6.07) is 24.9. The van der Waals surface area contributed by atoms with Crippen molar-refractivity contribution in [1.29, 1.82) is 10.5 Å². The van der Waals surface area contributed by atoms with Gasteiger partial charge >= 0.3 is 0 Å². The van der Waals surface area contributed by atoms with Gasteiger partial charge in [0.05, 0.1) is 23.3 Å². The molecule has 0 heterocycles. The first-order valence-corrected chi connectivity index (χ1v) is 8.67. The van der Waals surface area contributed by atoms with E-state index in [1.165, 1.54) is 0 Å². The number of nitrogens with one attached hydrogen (secondary N) is 1. The number of amides is 1. The molecular formula is C23H17N3O2. The molecular weight excluding hydrogens is 350 g/mol. The van der Waals surface area contributed by atoms with Crippen LogP contribution in [0.25, 0.3) is 0 Å². The molecule has 0 unspecified atom stereocenters. The number of nitriles is 2. The molecule has 0 saturated heterocycles. The van der Waals surface area contributed by atoms with Crippen molar-refractivity contribution in [3.8, 4) is 17.9 Å². The van der Waals surface area contributed by atoms with E-state index in [9.17, 15) is 4.79 Å². The largest absolute Gasteiger partial charge is 0.486 e. The summed E-state index contributed by atoms with van der Waals surface area (Å²) in [5, 5.41) is 20.5. The van der Waals surface area contributed by atoms with Gasteiger partial charge in [0.25, 0.3) is 5.91 Å². The van der Waals surface area contributed by atoms with E-state index in [1.807, 2.05) is 25.1 Å². The number of carbonyl (C=O) groups excluding carboxylic acids is 1. The van der Waals surface area contributed by atoms with Gasteiger partial charge in [0.2, 0.25) is 0 Å². The summed E-state index contributed by atoms with van der Waals surface area (Å²) < 4.78 is 5.95. The van der Waals surface area contributed by atoms with Crippen molar-refractivity contribution in [2.45, 2.75) is 13.0 Å². The summed E-state index contributed by atoms with van der Waals surface area (Å²) in [5.74, 6) is 0.311. The first-order chi connectivity index (χ1) is 13.6. The number of nitrogens with zero attached hydrogens (tertiary/aromatic N) is 2. The van der Waals surface area contributed by atoms with Crippen molar-refractivity contribution in [2.24, 2.45) is 0 Å². The summed E-state index contributed by atoms with van der Waals surface area (Å²) in [7, 11) is 0. The fraction of sp³-hybridized carbons (Fsp3) is 0.0870. The second kappa shape index (κ2) is 8.53. The van der Waals surface area contributed by atoms with Crippen LogP contribution in [0.5, 0.6) is 5.75 Å². The molecule has 3 aromatic carbocycles. The lowest BCUT2D eigenvalue weighted by atomic mass is 10.1. The maximum atomic E-state index is 12.5. The molecule has 0 bridgehead atoms. The van der Waals surface area contributed by atoms with Gasteiger partial charge < -0.3 is 10.1 Å². The Kier molecular flexibility index (Phi) is 5.69. The van der Waals surface area contributed by atoms with Gasteiger partial charge in [-0.15, -0.1) is 0 Å². The third kappa shape index (κ3) is 4.55. The van der Waals surface area contributed by atoms with Crippen molar-refractivity contribution in [3.63, 3.8) is 0 Å². The Morgan fingerprint density at radius 2 is 1.54 bits per heavy atom. The highest BCUT2D eigenvalue weighted by Crippen LogP contribution is 2.23. The molecule has 0 saturated carbocycles. The Morgan fingerprint density at radius 1 is 0.929 bits per heavy atom. The third-order valence-electron chi connectivity index (χ3n) is 4.19. The van der Waals surface area contributed by atoms with Crippen LogP contribution in [0.1, 0.15) is 40.1 Å². The van der Waals surface area contributed by atoms with Crippen molar-refractivity contribution in [1.82, 2.24) is 0 Å². The molecule has 1 N–H and O–H groups in total. The first-order valence-electron chi connectivity index (χ1n) is 8.67. The minimum absolute atomic E-state index is 0.232. The minimum Gasteiger partial charge on any atom is -0.486 e. The summed E-state index contributed by atoms with van der Waals surface area (Å²) in [6.45, 7) is 1.91. The molecule has 0 aliphatic rings. The van der Waals surface area contributed by atoms with Gasteiger partial charge in [0.15, 0.2) is 0 Å². The second-order valence-corrected chi connectivity index (χ2v) is 6.17. The molecule has 0 spiro atoms. The Balaban J connectivity index is 1.69. The zero-order chi connectivity index (χ0) is 19.9. The fourth-order valence-corrected chi connectivity index (χ4v) is 2.64. The number of ether oxygens (including phenoxy) is 1. The second-order valence-electron chi connectivity index (χ2n) is 6.17. The molecule has 0 aromatic heterocycles. The van der Waals surface area contributed by atoms with Crippen LogP contribution >= 0.6 is 0 Å². The number of benzene rings is 3. The first kappa shape index (κ1) is 18.7. The Hall–Kier alpha value is -4.09. The molecule has 0 fully saturated rings. The quantitative estimate of drug-likeness (QED) is 0.700. The van der Waals surface area contributed by atoms with E-state index in [-0.39, 0.29) is 12.0 Å². The van der Waals surface area contributed by atoms with Crippen molar-refractivity contribution < 1.29 is 9.53 Å². The molecule has 1 amide bonds. The van der Waals surface area contributed by atoms with Crippen LogP contribution in [-0.4, -0.2) is 5.91 Å². The van der Waals surface area contributed by atoms with Crippen LogP contribution in [0, 0.1) is 22.7 Å². The van der Waals surface area contributed by atoms with E-state index < -0.39 is 0 Å². The van der Waals surface area contributed by atoms with Crippen LogP contribution in [0.4, 0.5) is 5.69 Å². The van der Waals surface area contributed by atoms with E-state index >= 15 is 0 Å². The zero-order valence-electron chi connectivity index (χ0n) is 15.2. The van der Waals surface area contributed by atoms with E-state index in [4.69, 9.17) is 15.3 Å². The van der Waals surface area contributed by atoms with Gasteiger partial charge in [-0.1, -0.05) is 18.2 Å². The lowest BCUT2D eigenvalue weighted by Crippen LogP contribution is -2.12. The summed E-state index contributed by atoms with van der Waals surface area (Å²) in [4.78, 5) is 12.5. The topological polar surface area (TPSA) is 85.9 Å². The lowest BCUT2D eigenvalue weighted by Gasteiger charge is -2.16. The van der Waals surface area contributed by atoms with Gasteiger partial charge in [0, 0.05) is 11.3 Å². The maximum Gasteiger partial charge on any atom is 0.255 e. The summed E-state index contributed by atoms with van der Waals surface area (Å²) in [6.07, 6.45) is -0.232. The van der Waals surface area contributed by atoms with Crippen LogP contribution in [-0.2, 0) is 0 Å². The van der Waals surface area contributed by atoms with E-state index in [1.54, 1.807) is 60.7 Å². The smallest absolute Gasteiger partial charge is 0.255 e. The summed E-state index contributed by atoms with van der Waals surface area (Å²) >= 11 is 0. The van der Waals surface area contributed by atoms with Crippen molar-refractivity contribution >= 4 is 11.6 Å². The summed E-state index contributed by atoms with van der Waals surface area (Å²) in [5.41, 5.74) is 3.14. The van der Waals surface area contributed by atoms with E-state index in [0.717, 1.165) is 5.56 Å². The van der Waals surface area contributed by atoms with Crippen LogP contribution in [0.15, 0.2) is 72.8 Å². The highest BCUT2D eigenvalue weighted by atomic mass is 16.5. The van der Waals surface area contributed by atoms with Gasteiger partial charge in [0.1, 0.15) is 11.9 Å². The highest BCUT2D eigenvalue weighted by Gasteiger charge is 2.11. The zero-order valence-corrected chi connectivity index (χ0v) is 15.2. The Bertz CT molecular complexity index is 1060. The fourth-order valence-electron chi connectivity index (χ4n) is 2.64. The SMILES string of the molecule is C[C@@H](Oc1cccc(C(=O)Nc2ccc(C#N)cc2)c1)c1ccc(C#N)cc1. The normalized spacial score (nSPS) is 11.0. The van der Waals surface area contributed by atoms with Gasteiger partial charge in [-0.2, -0.15) is 10.5 Å². The van der Waals surface area contributed by atoms with E-state index in [0.29, 0.717) is 28.1 Å². The van der Waals surface area contributed by atoms with Gasteiger partial charge in [-0.25, -0.2) is 0 Å². The molecule has 3 aromatic rings. The standard InChI is InChI=1S/C23H17N3O2/c1-16(19-9-5-17(14-24)6-10-19)28-22-4-2-3-20(13-22)23(27)26-21-11-7-18(15-25)8-12-21/h2-13,16H,1H3,(H,26,27)/t16-/m1/s1. The Labute approximate surface area is 163 Å². The number of anilines is 1. The monoisotopic (exact) mass is 367 g/mol. The van der Waals surface area contributed by atoms with Crippen molar-refractivity contribution in [2.75, 3.05) is 5.32 Å². The van der Waals surface area contributed by atoms with Crippen LogP contribution in [0.2, 0.25) is 0 Å². The van der Waals surface area contributed by atoms with Crippen LogP contribution in [0.3, 0.4) is 0 Å². The predicted molar refractivity (Wildman–Crippen MR) is 106 cm³/mol. The molecule has 0 aliphatic heterocycles. The number of rotatable bonds is 5. The number of carbonyl (C=O) groups is 1. The van der Waals surface area contributed by atoms with Crippen molar-refractivity contribution in [3.05, 3.63) is 95.1 Å². The molecule has 136 valence electrons. The lowest BCUT2D eigenvalue weighted by molar-refractivity contribution is 0.102. The molecule has 5 nitrogen and oxygen atoms in total. The molecule has 3 rings (SSSR count). The number of hydrogen-bond acceptors (Lipinski definition) is 4. The molecule has 5 heteroatoms. The molecule has 28 heavy (non-hydrogen) atoms. The van der Waals surface area contributed by atoms with Crippen LogP contribution < -0.4 is 10.1 Å². The highest BCUT2D eigenvalue weighted by molar-refractivity contribution is 6.04. The third-order valence-corrected chi connectivity index (χ3v) is 4.19. The average Bonchev–Trinajstić information content (AvgIpc) is 2.74. The minimum atomic E-state index is -0.263. The average molecular weight is 367 g/mol. The molecule has 1 atom stereocenters. The van der Waals surface area contributed by atoms with Gasteiger partial charge in [-0.05, 0) is 67.1 Å². The molecule has 0 aliphatic carbocycles. The predicted octanol–water partition coefficient (Wildman–Crippen LogP) is 4.82. The Morgan fingerprint density at radius 3 is 2.14 bits per heavy atom. The maximum absolute atomic E-state index is 12.5. The molecule has 0 radical (unpaired) electrons. The number of hydrogen-bond donors (Lipinski definition) is 1.